The van der Waals surface area contributed by atoms with Crippen LogP contribution >= 0.6 is 0 Å². The number of ether oxygens (including phenoxy) is 1. The van der Waals surface area contributed by atoms with Crippen LogP contribution in [0.25, 0.3) is 11.4 Å². The summed E-state index contributed by atoms with van der Waals surface area (Å²) < 4.78 is 33.7. The van der Waals surface area contributed by atoms with Crippen LogP contribution in [0.15, 0.2) is 72.8 Å². The van der Waals surface area contributed by atoms with Crippen LogP contribution in [0.1, 0.15) is 28.3 Å². The minimum Gasteiger partial charge on any atom is -0.407 e. The highest BCUT2D eigenvalue weighted by Gasteiger charge is 2.41. The Labute approximate surface area is 183 Å². The molecule has 2 atom stereocenters. The van der Waals surface area contributed by atoms with Gasteiger partial charge in [-0.1, -0.05) is 60.2 Å². The molecule has 1 aliphatic rings. The number of nitrogens with one attached hydrogen (secondary N) is 1. The van der Waals surface area contributed by atoms with Crippen LogP contribution in [0, 0.1) is 24.5 Å². The first-order valence-electron chi connectivity index (χ1n) is 10.4. The first-order valence-corrected chi connectivity index (χ1v) is 10.4. The lowest BCUT2D eigenvalue weighted by Gasteiger charge is -2.29. The van der Waals surface area contributed by atoms with Crippen molar-refractivity contribution in [2.75, 3.05) is 0 Å². The summed E-state index contributed by atoms with van der Waals surface area (Å²) in [5, 5.41) is 0. The lowest BCUT2D eigenvalue weighted by Crippen LogP contribution is -2.34. The predicted octanol–water partition coefficient (Wildman–Crippen LogP) is 5.57. The van der Waals surface area contributed by atoms with E-state index in [1.807, 2.05) is 61.5 Å². The van der Waals surface area contributed by atoms with Gasteiger partial charge in [-0.15, -0.1) is 0 Å². The molecule has 0 aliphatic carbocycles. The number of hydrogen-bond donors (Lipinski definition) is 1. The standard InChI is InChI=1S/C26H20F2N2O2/c1-15-7-9-16(10-8-15)13-20-22(17-5-3-2-4-6-17)23-25(32-26(20)31)30-24(29-23)19-14-18(27)11-12-21(19)28/h2-12,14,20,22H,13H2,1H3,(H,29,30)/t20-,22+/m0/s1. The van der Waals surface area contributed by atoms with E-state index in [0.29, 0.717) is 12.1 Å². The minimum atomic E-state index is -0.615. The van der Waals surface area contributed by atoms with Gasteiger partial charge in [0, 0.05) is 5.92 Å². The number of benzene rings is 3. The second-order valence-corrected chi connectivity index (χ2v) is 8.03. The average Bonchev–Trinajstić information content (AvgIpc) is 3.21. The SMILES string of the molecule is Cc1ccc(C[C@@H]2C(=O)Oc3[nH]c(-c4cc(F)ccc4F)nc3[C@@H]2c2ccccc2)cc1. The Bertz CT molecular complexity index is 1280. The Morgan fingerprint density at radius 2 is 1.75 bits per heavy atom. The summed E-state index contributed by atoms with van der Waals surface area (Å²) in [6.07, 6.45) is 0.467. The molecule has 0 saturated carbocycles. The first-order chi connectivity index (χ1) is 15.5. The molecular weight excluding hydrogens is 410 g/mol. The molecule has 1 aliphatic heterocycles. The first kappa shape index (κ1) is 20.1. The van der Waals surface area contributed by atoms with Crippen LogP contribution in [0.4, 0.5) is 8.78 Å². The third-order valence-electron chi connectivity index (χ3n) is 5.82. The summed E-state index contributed by atoms with van der Waals surface area (Å²) in [6.45, 7) is 2.01. The number of hydrogen-bond acceptors (Lipinski definition) is 3. The van der Waals surface area contributed by atoms with E-state index in [1.165, 1.54) is 0 Å². The molecule has 5 rings (SSSR count). The van der Waals surface area contributed by atoms with Crippen molar-refractivity contribution in [2.45, 2.75) is 19.3 Å². The van der Waals surface area contributed by atoms with Gasteiger partial charge in [-0.05, 0) is 42.7 Å². The predicted molar refractivity (Wildman–Crippen MR) is 116 cm³/mol. The molecule has 0 saturated heterocycles. The van der Waals surface area contributed by atoms with Crippen molar-refractivity contribution in [1.82, 2.24) is 9.97 Å². The molecule has 0 bridgehead atoms. The lowest BCUT2D eigenvalue weighted by atomic mass is 9.79. The molecule has 0 unspecified atom stereocenters. The van der Waals surface area contributed by atoms with Crippen LogP contribution in [0.2, 0.25) is 0 Å². The Hall–Kier alpha value is -3.80. The minimum absolute atomic E-state index is 0.0163. The fraction of sp³-hybridized carbons (Fsp3) is 0.154. The summed E-state index contributed by atoms with van der Waals surface area (Å²) in [6, 6.07) is 20.8. The third-order valence-corrected chi connectivity index (χ3v) is 5.82. The van der Waals surface area contributed by atoms with Crippen molar-refractivity contribution >= 4 is 5.97 Å². The highest BCUT2D eigenvalue weighted by molar-refractivity contribution is 5.80. The monoisotopic (exact) mass is 430 g/mol. The van der Waals surface area contributed by atoms with Gasteiger partial charge in [0.1, 0.15) is 23.2 Å². The second-order valence-electron chi connectivity index (χ2n) is 8.03. The zero-order valence-corrected chi connectivity index (χ0v) is 17.3. The van der Waals surface area contributed by atoms with Crippen LogP contribution < -0.4 is 4.74 Å². The number of rotatable bonds is 4. The highest BCUT2D eigenvalue weighted by atomic mass is 19.1. The number of imidazole rings is 1. The molecule has 1 aromatic heterocycles. The number of carbonyl (C=O) groups excluding carboxylic acids is 1. The maximum absolute atomic E-state index is 14.4. The van der Waals surface area contributed by atoms with Crippen molar-refractivity contribution in [3.8, 4) is 17.3 Å². The van der Waals surface area contributed by atoms with Gasteiger partial charge in [0.15, 0.2) is 0 Å². The summed E-state index contributed by atoms with van der Waals surface area (Å²) in [4.78, 5) is 20.5. The van der Waals surface area contributed by atoms with Crippen molar-refractivity contribution in [2.24, 2.45) is 5.92 Å². The second kappa shape index (κ2) is 8.04. The van der Waals surface area contributed by atoms with Gasteiger partial charge in [-0.2, -0.15) is 0 Å². The number of H-pyrrole nitrogens is 1. The molecule has 3 aromatic carbocycles. The van der Waals surface area contributed by atoms with E-state index in [2.05, 4.69) is 9.97 Å². The summed E-state index contributed by atoms with van der Waals surface area (Å²) >= 11 is 0. The topological polar surface area (TPSA) is 55.0 Å². The van der Waals surface area contributed by atoms with Gasteiger partial charge in [0.05, 0.1) is 11.5 Å². The number of esters is 1. The normalized spacial score (nSPS) is 17.7. The van der Waals surface area contributed by atoms with Crippen molar-refractivity contribution in [3.05, 3.63) is 107 Å². The molecule has 2 heterocycles. The van der Waals surface area contributed by atoms with Gasteiger partial charge in [0.25, 0.3) is 0 Å². The molecule has 0 spiro atoms. The smallest absolute Gasteiger partial charge is 0.317 e. The van der Waals surface area contributed by atoms with E-state index >= 15 is 0 Å². The maximum Gasteiger partial charge on any atom is 0.317 e. The number of aromatic nitrogens is 2. The van der Waals surface area contributed by atoms with Crippen molar-refractivity contribution in [1.29, 1.82) is 0 Å². The van der Waals surface area contributed by atoms with Gasteiger partial charge >= 0.3 is 5.97 Å². The molecular formula is C26H20F2N2O2. The Morgan fingerprint density at radius 1 is 1.00 bits per heavy atom. The molecule has 32 heavy (non-hydrogen) atoms. The number of carbonyl (C=O) groups is 1. The van der Waals surface area contributed by atoms with E-state index in [-0.39, 0.29) is 23.2 Å². The summed E-state index contributed by atoms with van der Waals surface area (Å²) in [7, 11) is 0. The summed E-state index contributed by atoms with van der Waals surface area (Å²) in [5.41, 5.74) is 3.54. The molecule has 0 radical (unpaired) electrons. The van der Waals surface area contributed by atoms with E-state index < -0.39 is 23.5 Å². The van der Waals surface area contributed by atoms with E-state index in [1.54, 1.807) is 0 Å². The Morgan fingerprint density at radius 3 is 2.50 bits per heavy atom. The average molecular weight is 430 g/mol. The van der Waals surface area contributed by atoms with Crippen LogP contribution in [0.5, 0.6) is 5.88 Å². The number of aryl methyl sites for hydroxylation is 1. The van der Waals surface area contributed by atoms with Crippen LogP contribution in [0.3, 0.4) is 0 Å². The zero-order chi connectivity index (χ0) is 22.2. The molecule has 1 N–H and O–H groups in total. The van der Waals surface area contributed by atoms with E-state index in [4.69, 9.17) is 4.74 Å². The fourth-order valence-electron chi connectivity index (χ4n) is 4.20. The van der Waals surface area contributed by atoms with Crippen LogP contribution in [-0.4, -0.2) is 15.9 Å². The number of halogens is 2. The Kier molecular flexibility index (Phi) is 5.05. The molecule has 4 aromatic rings. The molecule has 0 amide bonds. The van der Waals surface area contributed by atoms with E-state index in [0.717, 1.165) is 34.9 Å². The van der Waals surface area contributed by atoms with Gasteiger partial charge in [0.2, 0.25) is 5.88 Å². The van der Waals surface area contributed by atoms with Gasteiger partial charge in [-0.3, -0.25) is 4.79 Å². The number of nitrogens with zero attached hydrogens (tertiary/aromatic N) is 1. The lowest BCUT2D eigenvalue weighted by molar-refractivity contribution is -0.141. The molecule has 4 nitrogen and oxygen atoms in total. The zero-order valence-electron chi connectivity index (χ0n) is 17.3. The van der Waals surface area contributed by atoms with Crippen molar-refractivity contribution < 1.29 is 18.3 Å². The third kappa shape index (κ3) is 3.68. The molecule has 0 fully saturated rings. The highest BCUT2D eigenvalue weighted by Crippen LogP contribution is 2.43. The molecule has 160 valence electrons. The fourth-order valence-corrected chi connectivity index (χ4v) is 4.20. The van der Waals surface area contributed by atoms with Gasteiger partial charge in [-0.25, -0.2) is 13.8 Å². The quantitative estimate of drug-likeness (QED) is 0.431. The Balaban J connectivity index is 1.61. The number of aromatic amines is 1. The largest absolute Gasteiger partial charge is 0.407 e. The van der Waals surface area contributed by atoms with Crippen molar-refractivity contribution in [3.63, 3.8) is 0 Å². The number of fused-ring (bicyclic) bond motifs is 1. The van der Waals surface area contributed by atoms with Gasteiger partial charge < -0.3 is 9.72 Å². The summed E-state index contributed by atoms with van der Waals surface area (Å²) in [5.74, 6) is -2.20. The maximum atomic E-state index is 14.4. The van der Waals surface area contributed by atoms with E-state index in [9.17, 15) is 13.6 Å². The van der Waals surface area contributed by atoms with Crippen LogP contribution in [-0.2, 0) is 11.2 Å². The molecule has 6 heteroatoms.